The van der Waals surface area contributed by atoms with Crippen LogP contribution in [0.2, 0.25) is 0 Å². The van der Waals surface area contributed by atoms with Crippen LogP contribution in [-0.4, -0.2) is 38.7 Å². The van der Waals surface area contributed by atoms with Crippen LogP contribution in [0.4, 0.5) is 0 Å². The molecular weight excluding hydrogens is 346 g/mol. The lowest BCUT2D eigenvalue weighted by molar-refractivity contribution is -0.143. The lowest BCUT2D eigenvalue weighted by Crippen LogP contribution is -2.24. The molecule has 2 aromatic rings. The Kier molecular flexibility index (Phi) is 7.92. The number of fused-ring (bicyclic) bond motifs is 1. The number of hydrogen-bond acceptors (Lipinski definition) is 5. The predicted molar refractivity (Wildman–Crippen MR) is 104 cm³/mol. The van der Waals surface area contributed by atoms with E-state index in [-0.39, 0.29) is 25.1 Å². The van der Waals surface area contributed by atoms with Gasteiger partial charge in [-0.2, -0.15) is 0 Å². The first-order chi connectivity index (χ1) is 13.1. The molecule has 0 aliphatic carbocycles. The van der Waals surface area contributed by atoms with Gasteiger partial charge in [-0.3, -0.25) is 9.59 Å². The SMILES string of the molecule is CCC(=O)NCCc1c(OCCOC(=O)CC)ccc2ccc(OC)cc12. The Bertz CT molecular complexity index is 787. The second kappa shape index (κ2) is 10.4. The van der Waals surface area contributed by atoms with Crippen molar-refractivity contribution in [2.45, 2.75) is 33.1 Å². The average molecular weight is 373 g/mol. The molecule has 0 aromatic heterocycles. The Labute approximate surface area is 159 Å². The second-order valence-corrected chi connectivity index (χ2v) is 6.01. The molecule has 2 aromatic carbocycles. The van der Waals surface area contributed by atoms with E-state index in [2.05, 4.69) is 5.32 Å². The first kappa shape index (κ1) is 20.6. The van der Waals surface area contributed by atoms with Crippen LogP contribution in [0.5, 0.6) is 11.5 Å². The maximum Gasteiger partial charge on any atom is 0.305 e. The van der Waals surface area contributed by atoms with Gasteiger partial charge in [-0.25, -0.2) is 0 Å². The van der Waals surface area contributed by atoms with Gasteiger partial charge < -0.3 is 19.5 Å². The quantitative estimate of drug-likeness (QED) is 0.511. The highest BCUT2D eigenvalue weighted by molar-refractivity contribution is 5.89. The van der Waals surface area contributed by atoms with E-state index in [1.807, 2.05) is 37.3 Å². The van der Waals surface area contributed by atoms with Crippen LogP contribution in [0, 0.1) is 0 Å². The van der Waals surface area contributed by atoms with Crippen LogP contribution in [0.1, 0.15) is 32.3 Å². The summed E-state index contributed by atoms with van der Waals surface area (Å²) < 4.78 is 16.3. The number of amides is 1. The van der Waals surface area contributed by atoms with E-state index in [4.69, 9.17) is 14.2 Å². The molecule has 0 fully saturated rings. The first-order valence-electron chi connectivity index (χ1n) is 9.23. The molecule has 0 saturated carbocycles. The summed E-state index contributed by atoms with van der Waals surface area (Å²) in [5, 5.41) is 4.98. The van der Waals surface area contributed by atoms with Crippen molar-refractivity contribution in [3.63, 3.8) is 0 Å². The molecule has 0 heterocycles. The van der Waals surface area contributed by atoms with Crippen LogP contribution in [0.25, 0.3) is 10.8 Å². The average Bonchev–Trinajstić information content (AvgIpc) is 2.71. The fourth-order valence-corrected chi connectivity index (χ4v) is 2.72. The second-order valence-electron chi connectivity index (χ2n) is 6.01. The zero-order valence-electron chi connectivity index (χ0n) is 16.2. The number of nitrogens with one attached hydrogen (secondary N) is 1. The maximum atomic E-state index is 11.5. The number of carbonyl (C=O) groups excluding carboxylic acids is 2. The van der Waals surface area contributed by atoms with Crippen molar-refractivity contribution in [2.75, 3.05) is 26.9 Å². The highest BCUT2D eigenvalue weighted by Crippen LogP contribution is 2.31. The predicted octanol–water partition coefficient (Wildman–Crippen LogP) is 3.25. The minimum Gasteiger partial charge on any atom is -0.497 e. The summed E-state index contributed by atoms with van der Waals surface area (Å²) in [7, 11) is 1.63. The Morgan fingerprint density at radius 3 is 2.52 bits per heavy atom. The number of rotatable bonds is 10. The largest absolute Gasteiger partial charge is 0.497 e. The van der Waals surface area contributed by atoms with E-state index >= 15 is 0 Å². The molecule has 1 amide bonds. The number of methoxy groups -OCH3 is 1. The molecule has 6 nitrogen and oxygen atoms in total. The van der Waals surface area contributed by atoms with Crippen LogP contribution in [0.3, 0.4) is 0 Å². The van der Waals surface area contributed by atoms with Gasteiger partial charge in [-0.15, -0.1) is 0 Å². The van der Waals surface area contributed by atoms with Crippen molar-refractivity contribution in [3.05, 3.63) is 35.9 Å². The van der Waals surface area contributed by atoms with Crippen LogP contribution in [-0.2, 0) is 20.7 Å². The Balaban J connectivity index is 2.20. The van der Waals surface area contributed by atoms with Crippen LogP contribution in [0.15, 0.2) is 30.3 Å². The van der Waals surface area contributed by atoms with Crippen molar-refractivity contribution in [1.82, 2.24) is 5.32 Å². The van der Waals surface area contributed by atoms with Gasteiger partial charge in [-0.1, -0.05) is 26.0 Å². The fraction of sp³-hybridized carbons (Fsp3) is 0.429. The van der Waals surface area contributed by atoms with Gasteiger partial charge in [0.1, 0.15) is 24.7 Å². The van der Waals surface area contributed by atoms with Gasteiger partial charge in [0, 0.05) is 24.9 Å². The Hall–Kier alpha value is -2.76. The van der Waals surface area contributed by atoms with Crippen molar-refractivity contribution in [2.24, 2.45) is 0 Å². The van der Waals surface area contributed by atoms with Crippen LogP contribution < -0.4 is 14.8 Å². The zero-order valence-corrected chi connectivity index (χ0v) is 16.2. The maximum absolute atomic E-state index is 11.5. The molecule has 0 aliphatic rings. The summed E-state index contributed by atoms with van der Waals surface area (Å²) in [6, 6.07) is 9.77. The monoisotopic (exact) mass is 373 g/mol. The van der Waals surface area contributed by atoms with Gasteiger partial charge in [0.2, 0.25) is 5.91 Å². The molecule has 0 atom stereocenters. The smallest absolute Gasteiger partial charge is 0.305 e. The minimum atomic E-state index is -0.246. The lowest BCUT2D eigenvalue weighted by Gasteiger charge is -2.15. The summed E-state index contributed by atoms with van der Waals surface area (Å²) in [5.41, 5.74) is 0.990. The lowest BCUT2D eigenvalue weighted by atomic mass is 10.0. The molecule has 146 valence electrons. The minimum absolute atomic E-state index is 0.0155. The Morgan fingerprint density at radius 1 is 1.04 bits per heavy atom. The molecule has 6 heteroatoms. The molecule has 0 aliphatic heterocycles. The number of benzene rings is 2. The van der Waals surface area contributed by atoms with Gasteiger partial charge in [0.25, 0.3) is 0 Å². The summed E-state index contributed by atoms with van der Waals surface area (Å²) in [6.07, 6.45) is 1.42. The van der Waals surface area contributed by atoms with Crippen molar-refractivity contribution >= 4 is 22.6 Å². The molecule has 0 radical (unpaired) electrons. The Morgan fingerprint density at radius 2 is 1.81 bits per heavy atom. The standard InChI is InChI=1S/C21H27NO5/c1-4-20(23)22-11-10-17-18-14-16(25-3)8-6-15(18)7-9-19(17)26-12-13-27-21(24)5-2/h6-9,14H,4-5,10-13H2,1-3H3,(H,22,23). The van der Waals surface area contributed by atoms with E-state index in [1.165, 1.54) is 0 Å². The van der Waals surface area contributed by atoms with Gasteiger partial charge in [-0.05, 0) is 35.4 Å². The normalized spacial score (nSPS) is 10.5. The molecule has 27 heavy (non-hydrogen) atoms. The third-order valence-corrected chi connectivity index (χ3v) is 4.21. The number of hydrogen-bond donors (Lipinski definition) is 1. The van der Waals surface area contributed by atoms with Gasteiger partial charge >= 0.3 is 5.97 Å². The van der Waals surface area contributed by atoms with Gasteiger partial charge in [0.05, 0.1) is 7.11 Å². The van der Waals surface area contributed by atoms with E-state index in [1.54, 1.807) is 14.0 Å². The molecule has 0 unspecified atom stereocenters. The first-order valence-corrected chi connectivity index (χ1v) is 9.23. The van der Waals surface area contributed by atoms with E-state index in [0.29, 0.717) is 31.6 Å². The summed E-state index contributed by atoms with van der Waals surface area (Å²) in [5.74, 6) is 1.25. The van der Waals surface area contributed by atoms with E-state index in [0.717, 1.165) is 22.1 Å². The molecule has 2 rings (SSSR count). The highest BCUT2D eigenvalue weighted by atomic mass is 16.6. The van der Waals surface area contributed by atoms with Crippen molar-refractivity contribution < 1.29 is 23.8 Å². The van der Waals surface area contributed by atoms with E-state index in [9.17, 15) is 9.59 Å². The van der Waals surface area contributed by atoms with Crippen molar-refractivity contribution in [3.8, 4) is 11.5 Å². The number of esters is 1. The van der Waals surface area contributed by atoms with Crippen LogP contribution >= 0.6 is 0 Å². The van der Waals surface area contributed by atoms with Gasteiger partial charge in [0.15, 0.2) is 0 Å². The third kappa shape index (κ3) is 5.88. The number of carbonyl (C=O) groups is 2. The summed E-state index contributed by atoms with van der Waals surface area (Å²) >= 11 is 0. The third-order valence-electron chi connectivity index (χ3n) is 4.21. The summed E-state index contributed by atoms with van der Waals surface area (Å²) in [4.78, 5) is 22.8. The highest BCUT2D eigenvalue weighted by Gasteiger charge is 2.11. The molecule has 0 bridgehead atoms. The van der Waals surface area contributed by atoms with Crippen molar-refractivity contribution in [1.29, 1.82) is 0 Å². The number of ether oxygens (including phenoxy) is 3. The molecule has 1 N–H and O–H groups in total. The summed E-state index contributed by atoms with van der Waals surface area (Å²) in [6.45, 7) is 4.57. The molecule has 0 saturated heterocycles. The molecular formula is C21H27NO5. The fourth-order valence-electron chi connectivity index (χ4n) is 2.72. The topological polar surface area (TPSA) is 73.9 Å². The zero-order chi connectivity index (χ0) is 19.6. The van der Waals surface area contributed by atoms with E-state index < -0.39 is 0 Å². The molecule has 0 spiro atoms.